The molecule has 100 valence electrons. The van der Waals surface area contributed by atoms with Crippen LogP contribution in [0.5, 0.6) is 0 Å². The van der Waals surface area contributed by atoms with E-state index in [-0.39, 0.29) is 5.91 Å². The van der Waals surface area contributed by atoms with Crippen LogP contribution in [0, 0.1) is 0 Å². The lowest BCUT2D eigenvalue weighted by Gasteiger charge is -2.01. The van der Waals surface area contributed by atoms with E-state index in [4.69, 9.17) is 11.3 Å². The first-order chi connectivity index (χ1) is 9.13. The number of primary amides is 1. The highest BCUT2D eigenvalue weighted by atomic mass is 16.1. The van der Waals surface area contributed by atoms with E-state index in [0.717, 1.165) is 25.7 Å². The molecule has 0 unspecified atom stereocenters. The van der Waals surface area contributed by atoms with E-state index >= 15 is 0 Å². The monoisotopic (exact) mass is 258 g/mol. The Morgan fingerprint density at radius 2 is 2.05 bits per heavy atom. The van der Waals surface area contributed by atoms with Gasteiger partial charge in [-0.2, -0.15) is 0 Å². The van der Waals surface area contributed by atoms with Crippen molar-refractivity contribution in [1.82, 2.24) is 0 Å². The second-order valence-corrected chi connectivity index (χ2v) is 4.35. The zero-order valence-corrected chi connectivity index (χ0v) is 11.0. The first-order valence-electron chi connectivity index (χ1n) is 6.24. The highest BCUT2D eigenvalue weighted by molar-refractivity contribution is 5.91. The Morgan fingerprint density at radius 1 is 1.37 bits per heavy atom. The van der Waals surface area contributed by atoms with Gasteiger partial charge in [0, 0.05) is 16.2 Å². The van der Waals surface area contributed by atoms with Crippen LogP contribution in [-0.2, 0) is 11.2 Å². The Hall–Kier alpha value is -2.26. The smallest absolute Gasteiger partial charge is 0.244 e. The van der Waals surface area contributed by atoms with E-state index in [9.17, 15) is 4.79 Å². The van der Waals surface area contributed by atoms with Gasteiger partial charge in [0.25, 0.3) is 0 Å². The quantitative estimate of drug-likeness (QED) is 0.260. The first-order valence-corrected chi connectivity index (χ1v) is 6.24. The van der Waals surface area contributed by atoms with Gasteiger partial charge < -0.3 is 5.73 Å². The van der Waals surface area contributed by atoms with Gasteiger partial charge in [0.2, 0.25) is 5.91 Å². The highest BCUT2D eigenvalue weighted by Crippen LogP contribution is 2.15. The molecular formula is C14H18N4O. The number of hydrogen-bond donors (Lipinski definition) is 1. The predicted molar refractivity (Wildman–Crippen MR) is 75.8 cm³/mol. The van der Waals surface area contributed by atoms with Gasteiger partial charge >= 0.3 is 0 Å². The third-order valence-corrected chi connectivity index (χ3v) is 2.86. The molecule has 0 aromatic heterocycles. The normalized spacial score (nSPS) is 10.9. The summed E-state index contributed by atoms with van der Waals surface area (Å²) in [5.74, 6) is -0.353. The van der Waals surface area contributed by atoms with Crippen molar-refractivity contribution in [3.05, 3.63) is 51.9 Å². The second-order valence-electron chi connectivity index (χ2n) is 4.35. The molecule has 0 aliphatic carbocycles. The van der Waals surface area contributed by atoms with Gasteiger partial charge in [-0.1, -0.05) is 35.5 Å². The van der Waals surface area contributed by atoms with Crippen molar-refractivity contribution in [2.75, 3.05) is 0 Å². The van der Waals surface area contributed by atoms with Crippen molar-refractivity contribution in [1.29, 1.82) is 0 Å². The lowest BCUT2D eigenvalue weighted by atomic mass is 10.1. The fraction of sp³-hybridized carbons (Fsp3) is 0.357. The zero-order valence-electron chi connectivity index (χ0n) is 11.0. The van der Waals surface area contributed by atoms with Crippen LogP contribution >= 0.6 is 0 Å². The van der Waals surface area contributed by atoms with E-state index in [0.29, 0.717) is 11.3 Å². The average Bonchev–Trinajstić information content (AvgIpc) is 2.40. The molecule has 5 nitrogen and oxygen atoms in total. The van der Waals surface area contributed by atoms with Crippen molar-refractivity contribution in [3.63, 3.8) is 0 Å². The van der Waals surface area contributed by atoms with E-state index in [1.807, 2.05) is 30.3 Å². The lowest BCUT2D eigenvalue weighted by molar-refractivity contribution is -0.114. The number of nitrogens with zero attached hydrogens (tertiary/aromatic N) is 3. The summed E-state index contributed by atoms with van der Waals surface area (Å²) in [4.78, 5) is 13.5. The molecule has 0 bridgehead atoms. The minimum atomic E-state index is -0.353. The summed E-state index contributed by atoms with van der Waals surface area (Å²) >= 11 is 0. The third kappa shape index (κ3) is 5.75. The molecule has 5 heteroatoms. The van der Waals surface area contributed by atoms with Gasteiger partial charge in [0.05, 0.1) is 0 Å². The Balaban J connectivity index is 2.31. The minimum Gasteiger partial charge on any atom is -0.366 e. The van der Waals surface area contributed by atoms with Crippen LogP contribution in [-0.4, -0.2) is 5.91 Å². The standard InChI is InChI=1S/C14H18N4O/c1-11(14(15)19)5-3-2-4-6-12-7-9-13(10-8-12)17-18-16/h5,7-10H,2-4,6H2,1H3,(H2,15,19). The van der Waals surface area contributed by atoms with Gasteiger partial charge in [-0.05, 0) is 43.7 Å². The molecule has 1 aromatic rings. The fourth-order valence-electron chi connectivity index (χ4n) is 1.67. The Labute approximate surface area is 112 Å². The number of hydrogen-bond acceptors (Lipinski definition) is 2. The molecule has 1 amide bonds. The van der Waals surface area contributed by atoms with Crippen LogP contribution in [0.25, 0.3) is 10.4 Å². The molecule has 0 radical (unpaired) electrons. The summed E-state index contributed by atoms with van der Waals surface area (Å²) in [6, 6.07) is 7.56. The number of unbranched alkanes of at least 4 members (excludes halogenated alkanes) is 2. The largest absolute Gasteiger partial charge is 0.366 e. The maximum atomic E-state index is 10.8. The topological polar surface area (TPSA) is 91.8 Å². The number of aryl methyl sites for hydroxylation is 1. The number of azide groups is 1. The number of allylic oxidation sites excluding steroid dienone is 1. The lowest BCUT2D eigenvalue weighted by Crippen LogP contribution is -2.11. The highest BCUT2D eigenvalue weighted by Gasteiger charge is 1.97. The SMILES string of the molecule is CC(=CCCCCc1ccc(N=[N+]=[N-])cc1)C(N)=O. The number of nitrogens with two attached hydrogens (primary N) is 1. The molecule has 1 rings (SSSR count). The molecule has 0 saturated carbocycles. The van der Waals surface area contributed by atoms with Gasteiger partial charge in [-0.3, -0.25) is 4.79 Å². The number of benzene rings is 1. The van der Waals surface area contributed by atoms with E-state index < -0.39 is 0 Å². The Kier molecular flexibility index (Phi) is 6.19. The van der Waals surface area contributed by atoms with Crippen LogP contribution in [0.2, 0.25) is 0 Å². The first kappa shape index (κ1) is 14.8. The summed E-state index contributed by atoms with van der Waals surface area (Å²) in [5.41, 5.74) is 15.9. The third-order valence-electron chi connectivity index (χ3n) is 2.86. The summed E-state index contributed by atoms with van der Waals surface area (Å²) in [6.45, 7) is 1.73. The minimum absolute atomic E-state index is 0.353. The molecule has 0 aliphatic heterocycles. The molecular weight excluding hydrogens is 240 g/mol. The van der Waals surface area contributed by atoms with Gasteiger partial charge in [-0.15, -0.1) is 0 Å². The summed E-state index contributed by atoms with van der Waals surface area (Å²) in [7, 11) is 0. The van der Waals surface area contributed by atoms with Gasteiger partial charge in [0.1, 0.15) is 0 Å². The van der Waals surface area contributed by atoms with Crippen molar-refractivity contribution < 1.29 is 4.79 Å². The van der Waals surface area contributed by atoms with E-state index in [1.165, 1.54) is 5.56 Å². The van der Waals surface area contributed by atoms with Crippen LogP contribution in [0.4, 0.5) is 5.69 Å². The maximum absolute atomic E-state index is 10.8. The molecule has 0 aliphatic rings. The predicted octanol–water partition coefficient (Wildman–Crippen LogP) is 3.77. The molecule has 0 atom stereocenters. The van der Waals surface area contributed by atoms with Gasteiger partial charge in [0.15, 0.2) is 0 Å². The van der Waals surface area contributed by atoms with Crippen LogP contribution < -0.4 is 5.73 Å². The van der Waals surface area contributed by atoms with Crippen LogP contribution in [0.15, 0.2) is 41.0 Å². The fourth-order valence-corrected chi connectivity index (χ4v) is 1.67. The van der Waals surface area contributed by atoms with Crippen molar-refractivity contribution in [2.45, 2.75) is 32.6 Å². The molecule has 19 heavy (non-hydrogen) atoms. The van der Waals surface area contributed by atoms with Gasteiger partial charge in [-0.25, -0.2) is 0 Å². The number of carbonyl (C=O) groups is 1. The molecule has 0 saturated heterocycles. The van der Waals surface area contributed by atoms with E-state index in [2.05, 4.69) is 10.0 Å². The van der Waals surface area contributed by atoms with E-state index in [1.54, 1.807) is 6.92 Å². The van der Waals surface area contributed by atoms with Crippen LogP contribution in [0.3, 0.4) is 0 Å². The second kappa shape index (κ2) is 7.95. The van der Waals surface area contributed by atoms with Crippen molar-refractivity contribution in [3.8, 4) is 0 Å². The molecule has 1 aromatic carbocycles. The Morgan fingerprint density at radius 3 is 2.63 bits per heavy atom. The number of amides is 1. The molecule has 0 heterocycles. The maximum Gasteiger partial charge on any atom is 0.244 e. The number of carbonyl (C=O) groups excluding carboxylic acids is 1. The average molecular weight is 258 g/mol. The number of rotatable bonds is 7. The molecule has 0 fully saturated rings. The Bertz CT molecular complexity index is 499. The summed E-state index contributed by atoms with van der Waals surface area (Å²) in [5, 5.41) is 3.52. The zero-order chi connectivity index (χ0) is 14.1. The molecule has 2 N–H and O–H groups in total. The summed E-state index contributed by atoms with van der Waals surface area (Å²) in [6.07, 6.45) is 5.78. The van der Waals surface area contributed by atoms with Crippen molar-refractivity contribution in [2.24, 2.45) is 10.8 Å². The summed E-state index contributed by atoms with van der Waals surface area (Å²) < 4.78 is 0. The van der Waals surface area contributed by atoms with Crippen molar-refractivity contribution >= 4 is 11.6 Å². The molecule has 0 spiro atoms. The van der Waals surface area contributed by atoms with Crippen LogP contribution in [0.1, 0.15) is 31.7 Å².